The van der Waals surface area contributed by atoms with Gasteiger partial charge in [-0.15, -0.1) is 0 Å². The minimum Gasteiger partial charge on any atom is -0.416 e. The fourth-order valence-electron chi connectivity index (χ4n) is 1.58. The van der Waals surface area contributed by atoms with Crippen molar-refractivity contribution in [1.82, 2.24) is 4.81 Å². The summed E-state index contributed by atoms with van der Waals surface area (Å²) in [5.74, 6) is 2.20. The smallest absolute Gasteiger partial charge is 0.315 e. The van der Waals surface area contributed by atoms with E-state index in [-0.39, 0.29) is 0 Å². The first-order valence-electron chi connectivity index (χ1n) is 4.50. The molecule has 0 atom stereocenters. The van der Waals surface area contributed by atoms with Gasteiger partial charge in [-0.3, -0.25) is 0 Å². The molecule has 0 saturated heterocycles. The Kier molecular flexibility index (Phi) is 2.22. The molecule has 13 heavy (non-hydrogen) atoms. The molecule has 0 amide bonds. The Balaban J connectivity index is 2.27. The van der Waals surface area contributed by atoms with Gasteiger partial charge in [0, 0.05) is 0 Å². The van der Waals surface area contributed by atoms with Gasteiger partial charge in [0.25, 0.3) is 0 Å². The van der Waals surface area contributed by atoms with Crippen molar-refractivity contribution < 1.29 is 0 Å². The molecule has 0 unspecified atom stereocenters. The quantitative estimate of drug-likeness (QED) is 0.575. The third-order valence-corrected chi connectivity index (χ3v) is 2.31. The van der Waals surface area contributed by atoms with Crippen molar-refractivity contribution in [1.29, 1.82) is 0 Å². The maximum atomic E-state index is 2.20. The van der Waals surface area contributed by atoms with Gasteiger partial charge >= 0.3 is 6.85 Å². The Morgan fingerprint density at radius 1 is 1.08 bits per heavy atom. The lowest BCUT2D eigenvalue weighted by Crippen LogP contribution is -2.42. The first-order chi connectivity index (χ1) is 6.38. The predicted molar refractivity (Wildman–Crippen MR) is 57.9 cm³/mol. The van der Waals surface area contributed by atoms with Crippen LogP contribution in [0.15, 0.2) is 54.7 Å². The molecule has 0 spiro atoms. The molecular weight excluding hydrogens is 157 g/mol. The van der Waals surface area contributed by atoms with Gasteiger partial charge in [-0.2, -0.15) is 0 Å². The van der Waals surface area contributed by atoms with Gasteiger partial charge in [-0.1, -0.05) is 47.8 Å². The minimum atomic E-state index is 0.395. The van der Waals surface area contributed by atoms with Crippen LogP contribution in [0.1, 0.15) is 0 Å². The lowest BCUT2D eigenvalue weighted by atomic mass is 9.54. The maximum Gasteiger partial charge on any atom is 0.315 e. The van der Waals surface area contributed by atoms with Gasteiger partial charge in [-0.25, -0.2) is 0 Å². The fraction of sp³-hybridized carbons (Fsp3) is 0.0909. The normalized spacial score (nSPS) is 15.2. The van der Waals surface area contributed by atoms with Crippen molar-refractivity contribution in [2.75, 3.05) is 7.05 Å². The zero-order valence-electron chi connectivity index (χ0n) is 7.72. The van der Waals surface area contributed by atoms with Gasteiger partial charge in [0.1, 0.15) is 0 Å². The van der Waals surface area contributed by atoms with Crippen molar-refractivity contribution in [3.63, 3.8) is 0 Å². The molecule has 0 bridgehead atoms. The number of hydrogen-bond acceptors (Lipinski definition) is 1. The average Bonchev–Trinajstić information content (AvgIpc) is 2.20. The van der Waals surface area contributed by atoms with Crippen LogP contribution in [0.2, 0.25) is 0 Å². The van der Waals surface area contributed by atoms with Gasteiger partial charge in [0.2, 0.25) is 0 Å². The van der Waals surface area contributed by atoms with Crippen molar-refractivity contribution in [3.8, 4) is 0 Å². The Bertz CT molecular complexity index is 329. The number of nitrogens with zero attached hydrogens (tertiary/aromatic N) is 1. The maximum absolute atomic E-state index is 2.20. The molecule has 0 saturated carbocycles. The first kappa shape index (κ1) is 8.18. The number of rotatable bonds is 1. The van der Waals surface area contributed by atoms with E-state index in [4.69, 9.17) is 0 Å². The first-order valence-corrected chi connectivity index (χ1v) is 4.50. The number of allylic oxidation sites excluding steroid dienone is 2. The Morgan fingerprint density at radius 3 is 2.54 bits per heavy atom. The van der Waals surface area contributed by atoms with E-state index in [1.165, 1.54) is 5.46 Å². The minimum absolute atomic E-state index is 0.395. The third kappa shape index (κ3) is 1.67. The second-order valence-electron chi connectivity index (χ2n) is 3.25. The molecule has 0 radical (unpaired) electrons. The zero-order valence-corrected chi connectivity index (χ0v) is 7.72. The van der Waals surface area contributed by atoms with Crippen molar-refractivity contribution in [2.24, 2.45) is 0 Å². The summed E-state index contributed by atoms with van der Waals surface area (Å²) in [6.45, 7) is 0.395. The van der Waals surface area contributed by atoms with Gasteiger partial charge in [0.05, 0.1) is 0 Å². The van der Waals surface area contributed by atoms with Crippen LogP contribution in [0.5, 0.6) is 0 Å². The second kappa shape index (κ2) is 3.52. The van der Waals surface area contributed by atoms with Crippen LogP contribution in [0.4, 0.5) is 0 Å². The summed E-state index contributed by atoms with van der Waals surface area (Å²) in [5.41, 5.74) is 1.34. The fourth-order valence-corrected chi connectivity index (χ4v) is 1.58. The summed E-state index contributed by atoms with van der Waals surface area (Å²) >= 11 is 0. The molecule has 1 aliphatic rings. The molecule has 0 aromatic heterocycles. The predicted octanol–water partition coefficient (Wildman–Crippen LogP) is 1.44. The van der Waals surface area contributed by atoms with E-state index < -0.39 is 0 Å². The summed E-state index contributed by atoms with van der Waals surface area (Å²) in [4.78, 5) is 2.20. The molecule has 0 aliphatic carbocycles. The third-order valence-electron chi connectivity index (χ3n) is 2.31. The van der Waals surface area contributed by atoms with Crippen LogP contribution >= 0.6 is 0 Å². The van der Waals surface area contributed by atoms with Crippen LogP contribution in [0.25, 0.3) is 0 Å². The molecule has 1 aromatic rings. The summed E-state index contributed by atoms with van der Waals surface area (Å²) in [5, 5.41) is 0. The Labute approximate surface area is 79.5 Å². The molecule has 0 fully saturated rings. The highest BCUT2D eigenvalue weighted by atomic mass is 15.0. The summed E-state index contributed by atoms with van der Waals surface area (Å²) in [7, 11) is 2.09. The molecule has 1 nitrogen and oxygen atoms in total. The second-order valence-corrected chi connectivity index (χ2v) is 3.25. The molecular formula is C11H12BN. The topological polar surface area (TPSA) is 3.24 Å². The largest absolute Gasteiger partial charge is 0.416 e. The zero-order chi connectivity index (χ0) is 9.10. The monoisotopic (exact) mass is 169 g/mol. The van der Waals surface area contributed by atoms with E-state index in [0.717, 1.165) is 0 Å². The molecule has 1 aromatic carbocycles. The summed E-state index contributed by atoms with van der Waals surface area (Å²) < 4.78 is 0. The Morgan fingerprint density at radius 2 is 1.85 bits per heavy atom. The molecule has 64 valence electrons. The van der Waals surface area contributed by atoms with Gasteiger partial charge < -0.3 is 4.81 Å². The van der Waals surface area contributed by atoms with Crippen LogP contribution in [0.3, 0.4) is 0 Å². The molecule has 0 N–H and O–H groups in total. The van der Waals surface area contributed by atoms with Gasteiger partial charge in [-0.05, 0) is 19.3 Å². The van der Waals surface area contributed by atoms with Crippen LogP contribution in [-0.4, -0.2) is 18.7 Å². The Hall–Kier alpha value is -1.44. The highest BCUT2D eigenvalue weighted by Crippen LogP contribution is 2.01. The average molecular weight is 169 g/mol. The van der Waals surface area contributed by atoms with Crippen molar-refractivity contribution >= 4 is 12.3 Å². The van der Waals surface area contributed by atoms with Crippen LogP contribution < -0.4 is 5.46 Å². The molecule has 1 aliphatic heterocycles. The summed E-state index contributed by atoms with van der Waals surface area (Å²) in [6, 6.07) is 10.5. The SMILES string of the molecule is CN1C=CC=CB1c1ccccc1. The van der Waals surface area contributed by atoms with E-state index in [2.05, 4.69) is 60.5 Å². The number of benzene rings is 1. The number of hydrogen-bond donors (Lipinski definition) is 0. The van der Waals surface area contributed by atoms with Crippen LogP contribution in [0, 0.1) is 0 Å². The highest BCUT2D eigenvalue weighted by molar-refractivity contribution is 6.75. The van der Waals surface area contributed by atoms with Crippen molar-refractivity contribution in [3.05, 3.63) is 54.7 Å². The van der Waals surface area contributed by atoms with E-state index >= 15 is 0 Å². The lowest BCUT2D eigenvalue weighted by molar-refractivity contribution is 0.722. The van der Waals surface area contributed by atoms with E-state index in [1.54, 1.807) is 0 Å². The van der Waals surface area contributed by atoms with E-state index in [1.807, 2.05) is 6.07 Å². The van der Waals surface area contributed by atoms with E-state index in [9.17, 15) is 0 Å². The molecule has 2 heteroatoms. The highest BCUT2D eigenvalue weighted by Gasteiger charge is 2.17. The van der Waals surface area contributed by atoms with Gasteiger partial charge in [0.15, 0.2) is 0 Å². The van der Waals surface area contributed by atoms with Crippen molar-refractivity contribution in [2.45, 2.75) is 0 Å². The lowest BCUT2D eigenvalue weighted by Gasteiger charge is -2.23. The standard InChI is InChI=1S/C11H12BN/c1-13-10-6-5-9-12(13)11-7-3-2-4-8-11/h2-10H,1H3. The molecule has 2 rings (SSSR count). The van der Waals surface area contributed by atoms with E-state index in [0.29, 0.717) is 6.85 Å². The van der Waals surface area contributed by atoms with Crippen LogP contribution in [-0.2, 0) is 0 Å². The molecule has 1 heterocycles. The summed E-state index contributed by atoms with van der Waals surface area (Å²) in [6.07, 6.45) is 6.24.